The number of hydrogen-bond donors (Lipinski definition) is 3. The Morgan fingerprint density at radius 1 is 1.17 bits per heavy atom. The fourth-order valence-electron chi connectivity index (χ4n) is 3.18. The van der Waals surface area contributed by atoms with E-state index in [2.05, 4.69) is 16.0 Å². The van der Waals surface area contributed by atoms with Crippen LogP contribution in [0.15, 0.2) is 29.2 Å². The Labute approximate surface area is 136 Å². The lowest BCUT2D eigenvalue weighted by atomic mass is 10.1. The second-order valence-electron chi connectivity index (χ2n) is 6.02. The van der Waals surface area contributed by atoms with Crippen molar-refractivity contribution in [3.8, 4) is 0 Å². The van der Waals surface area contributed by atoms with Gasteiger partial charge < -0.3 is 16.0 Å². The highest BCUT2D eigenvalue weighted by atomic mass is 32.2. The number of nitrogens with zero attached hydrogens (tertiary/aromatic N) is 1. The average Bonchev–Trinajstić information content (AvgIpc) is 2.86. The lowest BCUT2D eigenvalue weighted by Crippen LogP contribution is -2.39. The summed E-state index contributed by atoms with van der Waals surface area (Å²) in [6, 6.07) is 6.64. The molecule has 3 rings (SSSR count). The van der Waals surface area contributed by atoms with Gasteiger partial charge in [0.05, 0.1) is 4.90 Å². The highest BCUT2D eigenvalue weighted by Gasteiger charge is 2.34. The zero-order chi connectivity index (χ0) is 16.4. The molecular formula is C15H22N4O3S. The molecule has 2 heterocycles. The lowest BCUT2D eigenvalue weighted by Gasteiger charge is -2.23. The molecule has 2 aliphatic heterocycles. The van der Waals surface area contributed by atoms with E-state index in [0.29, 0.717) is 24.8 Å². The largest absolute Gasteiger partial charge is 0.341 e. The Bertz CT molecular complexity index is 674. The quantitative estimate of drug-likeness (QED) is 0.765. The van der Waals surface area contributed by atoms with E-state index in [-0.39, 0.29) is 17.0 Å². The fourth-order valence-corrected chi connectivity index (χ4v) is 4.68. The number of nitrogens with one attached hydrogen (secondary N) is 3. The molecule has 126 valence electrons. The molecule has 0 unspecified atom stereocenters. The first-order valence-corrected chi connectivity index (χ1v) is 9.28. The minimum absolute atomic E-state index is 0.256. The zero-order valence-electron chi connectivity index (χ0n) is 13.1. The van der Waals surface area contributed by atoms with Crippen LogP contribution in [0.25, 0.3) is 0 Å². The number of fused-ring (bicyclic) bond motifs is 2. The van der Waals surface area contributed by atoms with Gasteiger partial charge in [-0.25, -0.2) is 13.2 Å². The second-order valence-corrected chi connectivity index (χ2v) is 7.96. The van der Waals surface area contributed by atoms with Gasteiger partial charge in [-0.1, -0.05) is 0 Å². The molecule has 2 amide bonds. The molecule has 0 aliphatic carbocycles. The first kappa shape index (κ1) is 16.2. The van der Waals surface area contributed by atoms with Crippen molar-refractivity contribution in [2.24, 2.45) is 0 Å². The molecule has 7 nitrogen and oxygen atoms in total. The van der Waals surface area contributed by atoms with Gasteiger partial charge in [0.1, 0.15) is 0 Å². The third kappa shape index (κ3) is 3.49. The van der Waals surface area contributed by atoms with Crippen molar-refractivity contribution < 1.29 is 13.2 Å². The Hall–Kier alpha value is -1.64. The summed E-state index contributed by atoms with van der Waals surface area (Å²) in [7, 11) is -1.97. The van der Waals surface area contributed by atoms with Gasteiger partial charge in [0.25, 0.3) is 0 Å². The number of amides is 2. The van der Waals surface area contributed by atoms with E-state index in [1.165, 1.54) is 19.2 Å². The maximum atomic E-state index is 12.8. The predicted octanol–water partition coefficient (Wildman–Crippen LogP) is 0.953. The van der Waals surface area contributed by atoms with Crippen LogP contribution in [0.4, 0.5) is 10.5 Å². The van der Waals surface area contributed by atoms with Crippen LogP contribution in [0, 0.1) is 0 Å². The molecule has 1 aromatic rings. The van der Waals surface area contributed by atoms with Crippen molar-refractivity contribution in [2.75, 3.05) is 25.5 Å². The highest BCUT2D eigenvalue weighted by Crippen LogP contribution is 2.25. The summed E-state index contributed by atoms with van der Waals surface area (Å²) < 4.78 is 27.2. The standard InChI is InChI=1S/C15H22N4O3S/c1-16-15(20)18-11-4-6-14(7-5-11)23(21,22)19-9-8-12-2-3-13(10-19)17-12/h4-7,12-13,17H,2-3,8-10H2,1H3,(H2,16,18,20)/t12-,13+/m1/s1. The van der Waals surface area contributed by atoms with E-state index >= 15 is 0 Å². The average molecular weight is 338 g/mol. The zero-order valence-corrected chi connectivity index (χ0v) is 13.9. The van der Waals surface area contributed by atoms with Crippen LogP contribution in [-0.4, -0.2) is 51.0 Å². The number of hydrogen-bond acceptors (Lipinski definition) is 4. The third-order valence-electron chi connectivity index (χ3n) is 4.46. The maximum Gasteiger partial charge on any atom is 0.318 e. The van der Waals surface area contributed by atoms with Gasteiger partial charge >= 0.3 is 6.03 Å². The van der Waals surface area contributed by atoms with E-state index in [0.717, 1.165) is 19.3 Å². The van der Waals surface area contributed by atoms with Crippen molar-refractivity contribution in [3.05, 3.63) is 24.3 Å². The first-order valence-electron chi connectivity index (χ1n) is 7.84. The first-order chi connectivity index (χ1) is 11.0. The summed E-state index contributed by atoms with van der Waals surface area (Å²) in [4.78, 5) is 11.5. The van der Waals surface area contributed by atoms with Crippen LogP contribution in [0.2, 0.25) is 0 Å². The van der Waals surface area contributed by atoms with Crippen molar-refractivity contribution >= 4 is 21.7 Å². The number of benzene rings is 1. The normalized spacial score (nSPS) is 24.9. The van der Waals surface area contributed by atoms with E-state index in [9.17, 15) is 13.2 Å². The summed E-state index contributed by atoms with van der Waals surface area (Å²) >= 11 is 0. The molecule has 1 aromatic carbocycles. The van der Waals surface area contributed by atoms with Crippen molar-refractivity contribution in [1.29, 1.82) is 0 Å². The lowest BCUT2D eigenvalue weighted by molar-refractivity contribution is 0.254. The van der Waals surface area contributed by atoms with Crippen molar-refractivity contribution in [3.63, 3.8) is 0 Å². The summed E-state index contributed by atoms with van der Waals surface area (Å²) in [5, 5.41) is 8.55. The molecule has 0 radical (unpaired) electrons. The van der Waals surface area contributed by atoms with Crippen molar-refractivity contribution in [1.82, 2.24) is 14.9 Å². The Kier molecular flexibility index (Phi) is 4.56. The summed E-state index contributed by atoms with van der Waals surface area (Å²) in [6.45, 7) is 1.08. The van der Waals surface area contributed by atoms with Gasteiger partial charge in [-0.3, -0.25) is 0 Å². The van der Waals surface area contributed by atoms with E-state index in [4.69, 9.17) is 0 Å². The molecular weight excluding hydrogens is 316 g/mol. The molecule has 2 fully saturated rings. The fraction of sp³-hybridized carbons (Fsp3) is 0.533. The van der Waals surface area contributed by atoms with Gasteiger partial charge in [0, 0.05) is 37.9 Å². The topological polar surface area (TPSA) is 90.5 Å². The number of rotatable bonds is 3. The van der Waals surface area contributed by atoms with Gasteiger partial charge in [0.2, 0.25) is 10.0 Å². The highest BCUT2D eigenvalue weighted by molar-refractivity contribution is 7.89. The molecule has 0 saturated carbocycles. The summed E-state index contributed by atoms with van der Waals surface area (Å²) in [5.41, 5.74) is 0.555. The SMILES string of the molecule is CNC(=O)Nc1ccc(S(=O)(=O)N2CC[C@H]3CC[C@@H](C2)N3)cc1. The monoisotopic (exact) mass is 338 g/mol. The summed E-state index contributed by atoms with van der Waals surface area (Å²) in [6.07, 6.45) is 3.02. The second kappa shape index (κ2) is 6.46. The van der Waals surface area contributed by atoms with Gasteiger partial charge in [-0.2, -0.15) is 4.31 Å². The minimum atomic E-state index is -3.49. The Morgan fingerprint density at radius 2 is 1.87 bits per heavy atom. The number of urea groups is 1. The molecule has 2 aliphatic rings. The minimum Gasteiger partial charge on any atom is -0.341 e. The van der Waals surface area contributed by atoms with E-state index < -0.39 is 10.0 Å². The number of anilines is 1. The number of sulfonamides is 1. The molecule has 2 bridgehead atoms. The smallest absolute Gasteiger partial charge is 0.318 e. The van der Waals surface area contributed by atoms with Crippen molar-refractivity contribution in [2.45, 2.75) is 36.2 Å². The van der Waals surface area contributed by atoms with Gasteiger partial charge in [0.15, 0.2) is 0 Å². The van der Waals surface area contributed by atoms with Crippen LogP contribution < -0.4 is 16.0 Å². The molecule has 3 N–H and O–H groups in total. The third-order valence-corrected chi connectivity index (χ3v) is 6.34. The molecule has 23 heavy (non-hydrogen) atoms. The molecule has 2 atom stereocenters. The van der Waals surface area contributed by atoms with E-state index in [1.807, 2.05) is 0 Å². The van der Waals surface area contributed by atoms with Crippen LogP contribution in [-0.2, 0) is 10.0 Å². The van der Waals surface area contributed by atoms with Crippen LogP contribution in [0.1, 0.15) is 19.3 Å². The molecule has 2 saturated heterocycles. The van der Waals surface area contributed by atoms with Crippen LogP contribution >= 0.6 is 0 Å². The molecule has 8 heteroatoms. The predicted molar refractivity (Wildman–Crippen MR) is 87.8 cm³/mol. The Balaban J connectivity index is 1.75. The van der Waals surface area contributed by atoms with Gasteiger partial charge in [-0.05, 0) is 43.5 Å². The van der Waals surface area contributed by atoms with E-state index in [1.54, 1.807) is 16.4 Å². The van der Waals surface area contributed by atoms with Crippen LogP contribution in [0.5, 0.6) is 0 Å². The molecule has 0 spiro atoms. The summed E-state index contributed by atoms with van der Waals surface area (Å²) in [5.74, 6) is 0. The van der Waals surface area contributed by atoms with Crippen LogP contribution in [0.3, 0.4) is 0 Å². The molecule has 0 aromatic heterocycles. The number of carbonyl (C=O) groups excluding carboxylic acids is 1. The number of carbonyl (C=O) groups is 1. The maximum absolute atomic E-state index is 12.8. The van der Waals surface area contributed by atoms with Gasteiger partial charge in [-0.15, -0.1) is 0 Å². The Morgan fingerprint density at radius 3 is 2.57 bits per heavy atom.